The highest BCUT2D eigenvalue weighted by molar-refractivity contribution is 6.06. The van der Waals surface area contributed by atoms with Crippen molar-refractivity contribution in [2.45, 2.75) is 45.7 Å². The Hall–Kier alpha value is -2.77. The molecule has 7 heteroatoms. The van der Waals surface area contributed by atoms with E-state index >= 15 is 0 Å². The molecule has 0 bridgehead atoms. The first-order chi connectivity index (χ1) is 15.1. The number of aromatic nitrogens is 3. The first-order valence-corrected chi connectivity index (χ1v) is 11.3. The van der Waals surface area contributed by atoms with Gasteiger partial charge in [0.05, 0.1) is 22.8 Å². The fourth-order valence-electron chi connectivity index (χ4n) is 4.16. The van der Waals surface area contributed by atoms with Crippen LogP contribution in [0.3, 0.4) is 0 Å². The van der Waals surface area contributed by atoms with Crippen molar-refractivity contribution in [2.75, 3.05) is 26.2 Å². The lowest BCUT2D eigenvalue weighted by Crippen LogP contribution is -2.35. The van der Waals surface area contributed by atoms with Crippen molar-refractivity contribution in [3.8, 4) is 11.3 Å². The molecule has 31 heavy (non-hydrogen) atoms. The number of nitrogens with two attached hydrogens (primary N) is 1. The number of rotatable bonds is 7. The fraction of sp³-hybridized carbons (Fsp3) is 0.458. The van der Waals surface area contributed by atoms with Gasteiger partial charge in [0.1, 0.15) is 0 Å². The Balaban J connectivity index is 1.78. The zero-order valence-corrected chi connectivity index (χ0v) is 18.5. The second-order valence-corrected chi connectivity index (χ2v) is 8.49. The van der Waals surface area contributed by atoms with Gasteiger partial charge in [-0.2, -0.15) is 5.10 Å². The molecule has 0 aliphatic carbocycles. The molecule has 1 saturated heterocycles. The zero-order chi connectivity index (χ0) is 21.8. The molecule has 4 rings (SSSR count). The number of piperidine rings is 1. The summed E-state index contributed by atoms with van der Waals surface area (Å²) < 4.78 is 1.90. The van der Waals surface area contributed by atoms with Crippen LogP contribution in [0.25, 0.3) is 22.3 Å². The number of hydrogen-bond donors (Lipinski definition) is 2. The van der Waals surface area contributed by atoms with Crippen LogP contribution < -0.4 is 11.1 Å². The van der Waals surface area contributed by atoms with Gasteiger partial charge < -0.3 is 16.0 Å². The summed E-state index contributed by atoms with van der Waals surface area (Å²) in [5.74, 6) is 0.0809. The van der Waals surface area contributed by atoms with Crippen molar-refractivity contribution in [1.82, 2.24) is 25.0 Å². The van der Waals surface area contributed by atoms with Crippen molar-refractivity contribution in [1.29, 1.82) is 0 Å². The number of benzene rings is 1. The van der Waals surface area contributed by atoms with Crippen LogP contribution in [0.15, 0.2) is 36.5 Å². The van der Waals surface area contributed by atoms with E-state index in [0.29, 0.717) is 12.1 Å². The summed E-state index contributed by atoms with van der Waals surface area (Å²) in [6.07, 6.45) is 5.11. The maximum Gasteiger partial charge on any atom is 0.254 e. The maximum atomic E-state index is 13.5. The topological polar surface area (TPSA) is 89.1 Å². The van der Waals surface area contributed by atoms with E-state index in [4.69, 9.17) is 10.7 Å². The van der Waals surface area contributed by atoms with Gasteiger partial charge in [0.2, 0.25) is 0 Å². The van der Waals surface area contributed by atoms with Crippen LogP contribution in [0, 0.1) is 0 Å². The number of nitrogens with zero attached hydrogens (tertiary/aromatic N) is 4. The van der Waals surface area contributed by atoms with Gasteiger partial charge in [-0.1, -0.05) is 18.2 Å². The first-order valence-electron chi connectivity index (χ1n) is 11.3. The molecular formula is C24H32N6O. The number of likely N-dealkylation sites (tertiary alicyclic amines) is 1. The van der Waals surface area contributed by atoms with Crippen molar-refractivity contribution < 1.29 is 4.79 Å². The highest BCUT2D eigenvalue weighted by atomic mass is 16.2. The normalized spacial score (nSPS) is 14.5. The van der Waals surface area contributed by atoms with E-state index in [0.717, 1.165) is 66.9 Å². The van der Waals surface area contributed by atoms with Crippen LogP contribution in [0.5, 0.6) is 0 Å². The summed E-state index contributed by atoms with van der Waals surface area (Å²) in [6.45, 7) is 7.93. The lowest BCUT2D eigenvalue weighted by Gasteiger charge is -2.27. The number of carbonyl (C=O) groups is 1. The number of nitrogens with one attached hydrogen (secondary N) is 1. The lowest BCUT2D eigenvalue weighted by molar-refractivity contribution is 0.0726. The smallest absolute Gasteiger partial charge is 0.254 e. The summed E-state index contributed by atoms with van der Waals surface area (Å²) in [7, 11) is 0. The van der Waals surface area contributed by atoms with E-state index < -0.39 is 0 Å². The molecule has 1 aromatic carbocycles. The SMILES string of the molecule is CC(C)n1ncc2c(C(=O)N3CCCCC3)cc(-c3cccc(CNCCN)c3)nc21. The van der Waals surface area contributed by atoms with Gasteiger partial charge in [0, 0.05) is 44.3 Å². The van der Waals surface area contributed by atoms with Gasteiger partial charge in [0.15, 0.2) is 5.65 Å². The predicted octanol–water partition coefficient (Wildman–Crippen LogP) is 3.35. The molecule has 7 nitrogen and oxygen atoms in total. The average molecular weight is 421 g/mol. The monoisotopic (exact) mass is 420 g/mol. The molecule has 1 amide bonds. The van der Waals surface area contributed by atoms with E-state index in [1.165, 1.54) is 6.42 Å². The summed E-state index contributed by atoms with van der Waals surface area (Å²) in [6, 6.07) is 10.4. The van der Waals surface area contributed by atoms with Crippen LogP contribution in [0.2, 0.25) is 0 Å². The van der Waals surface area contributed by atoms with Crippen LogP contribution >= 0.6 is 0 Å². The second kappa shape index (κ2) is 9.58. The Kier molecular flexibility index (Phi) is 6.63. The molecular weight excluding hydrogens is 388 g/mol. The Labute approximate surface area is 183 Å². The third-order valence-corrected chi connectivity index (χ3v) is 5.80. The van der Waals surface area contributed by atoms with Gasteiger partial charge in [-0.05, 0) is 50.8 Å². The van der Waals surface area contributed by atoms with Crippen LogP contribution in [0.1, 0.15) is 55.1 Å². The molecule has 164 valence electrons. The fourth-order valence-corrected chi connectivity index (χ4v) is 4.16. The van der Waals surface area contributed by atoms with Crippen molar-refractivity contribution in [3.63, 3.8) is 0 Å². The van der Waals surface area contributed by atoms with Crippen molar-refractivity contribution in [2.24, 2.45) is 5.73 Å². The van der Waals surface area contributed by atoms with Crippen molar-refractivity contribution in [3.05, 3.63) is 47.7 Å². The lowest BCUT2D eigenvalue weighted by atomic mass is 10.0. The molecule has 0 radical (unpaired) electrons. The summed E-state index contributed by atoms with van der Waals surface area (Å²) in [5, 5.41) is 8.71. The summed E-state index contributed by atoms with van der Waals surface area (Å²) in [5.41, 5.74) is 10.0. The molecule has 0 unspecified atom stereocenters. The van der Waals surface area contributed by atoms with E-state index in [1.54, 1.807) is 6.20 Å². The molecule has 0 atom stereocenters. The first kappa shape index (κ1) is 21.5. The highest BCUT2D eigenvalue weighted by Gasteiger charge is 2.23. The van der Waals surface area contributed by atoms with Crippen molar-refractivity contribution >= 4 is 16.9 Å². The number of carbonyl (C=O) groups excluding carboxylic acids is 1. The van der Waals surface area contributed by atoms with Gasteiger partial charge in [-0.3, -0.25) is 4.79 Å². The average Bonchev–Trinajstić information content (AvgIpc) is 3.23. The van der Waals surface area contributed by atoms with Gasteiger partial charge in [-0.25, -0.2) is 9.67 Å². The quantitative estimate of drug-likeness (QED) is 0.572. The largest absolute Gasteiger partial charge is 0.339 e. The predicted molar refractivity (Wildman–Crippen MR) is 124 cm³/mol. The third kappa shape index (κ3) is 4.62. The van der Waals surface area contributed by atoms with E-state index in [-0.39, 0.29) is 11.9 Å². The minimum absolute atomic E-state index is 0.0809. The van der Waals surface area contributed by atoms with Crippen LogP contribution in [-0.2, 0) is 6.54 Å². The number of pyridine rings is 1. The highest BCUT2D eigenvalue weighted by Crippen LogP contribution is 2.28. The molecule has 0 spiro atoms. The molecule has 1 aliphatic rings. The zero-order valence-electron chi connectivity index (χ0n) is 18.5. The Morgan fingerprint density at radius 1 is 1.19 bits per heavy atom. The molecule has 1 fully saturated rings. The van der Waals surface area contributed by atoms with Gasteiger partial charge in [0.25, 0.3) is 5.91 Å². The number of fused-ring (bicyclic) bond motifs is 1. The van der Waals surface area contributed by atoms with E-state index in [9.17, 15) is 4.79 Å². The Morgan fingerprint density at radius 2 is 2.00 bits per heavy atom. The minimum Gasteiger partial charge on any atom is -0.339 e. The van der Waals surface area contributed by atoms with E-state index in [2.05, 4.69) is 36.4 Å². The van der Waals surface area contributed by atoms with Gasteiger partial charge in [-0.15, -0.1) is 0 Å². The Bertz CT molecular complexity index is 1050. The minimum atomic E-state index is 0.0809. The molecule has 0 saturated carbocycles. The van der Waals surface area contributed by atoms with Crippen LogP contribution in [0.4, 0.5) is 0 Å². The molecule has 2 aromatic heterocycles. The second-order valence-electron chi connectivity index (χ2n) is 8.49. The standard InChI is InChI=1S/C24H32N6O/c1-17(2)30-23-21(16-27-30)20(24(31)29-11-4-3-5-12-29)14-22(28-23)19-8-6-7-18(13-19)15-26-10-9-25/h6-8,13-14,16-17,26H,3-5,9-12,15,25H2,1-2H3. The number of amides is 1. The molecule has 3 N–H and O–H groups in total. The number of hydrogen-bond acceptors (Lipinski definition) is 5. The van der Waals surface area contributed by atoms with E-state index in [1.807, 2.05) is 27.8 Å². The van der Waals surface area contributed by atoms with Crippen LogP contribution in [-0.4, -0.2) is 51.8 Å². The Morgan fingerprint density at radius 3 is 2.74 bits per heavy atom. The van der Waals surface area contributed by atoms with Gasteiger partial charge >= 0.3 is 0 Å². The third-order valence-electron chi connectivity index (χ3n) is 5.80. The molecule has 3 aromatic rings. The molecule has 3 heterocycles. The maximum absolute atomic E-state index is 13.5. The summed E-state index contributed by atoms with van der Waals surface area (Å²) >= 11 is 0. The molecule has 1 aliphatic heterocycles. The summed E-state index contributed by atoms with van der Waals surface area (Å²) in [4.78, 5) is 20.4.